The summed E-state index contributed by atoms with van der Waals surface area (Å²) in [6.45, 7) is 0. The van der Waals surface area contributed by atoms with Crippen molar-refractivity contribution in [2.24, 2.45) is 0 Å². The Morgan fingerprint density at radius 2 is 1.75 bits per heavy atom. The number of halogens is 1. The van der Waals surface area contributed by atoms with Gasteiger partial charge in [-0.05, 0) is 12.1 Å². The van der Waals surface area contributed by atoms with Crippen molar-refractivity contribution in [3.63, 3.8) is 0 Å². The fraction of sp³-hybridized carbons (Fsp3) is 0.111. The highest BCUT2D eigenvalue weighted by atomic mass is 35.5. The fourth-order valence-electron chi connectivity index (χ4n) is 1.09. The Balaban J connectivity index is 3.39. The maximum Gasteiger partial charge on any atom is 0.352 e. The van der Waals surface area contributed by atoms with Crippen LogP contribution in [0.2, 0.25) is 5.02 Å². The van der Waals surface area contributed by atoms with Crippen LogP contribution in [0, 0.1) is 0 Å². The van der Waals surface area contributed by atoms with E-state index in [0.29, 0.717) is 0 Å². The van der Waals surface area contributed by atoms with Gasteiger partial charge in [-0.3, -0.25) is 0 Å². The van der Waals surface area contributed by atoms with Gasteiger partial charge in [0.1, 0.15) is 0 Å². The Bertz CT molecular complexity index is 445. The van der Waals surface area contributed by atoms with E-state index >= 15 is 0 Å². The second-order valence-electron chi connectivity index (χ2n) is 3.06. The zero-order chi connectivity index (χ0) is 12.5. The smallest absolute Gasteiger partial charge is 0.352 e. The first-order valence-electron chi connectivity index (χ1n) is 4.04. The predicted octanol–water partition coefficient (Wildman–Crippen LogP) is 0.279. The molecule has 0 saturated carbocycles. The van der Waals surface area contributed by atoms with Crippen LogP contribution in [-0.2, 0) is 15.2 Å². The lowest BCUT2D eigenvalue weighted by atomic mass is 9.94. The van der Waals surface area contributed by atoms with Crippen LogP contribution in [0.15, 0.2) is 18.2 Å². The van der Waals surface area contributed by atoms with Gasteiger partial charge in [0.2, 0.25) is 0 Å². The molecule has 0 aliphatic heterocycles. The van der Waals surface area contributed by atoms with Crippen molar-refractivity contribution in [1.29, 1.82) is 0 Å². The van der Waals surface area contributed by atoms with Gasteiger partial charge < -0.3 is 21.1 Å². The van der Waals surface area contributed by atoms with Gasteiger partial charge in [0.25, 0.3) is 5.60 Å². The van der Waals surface area contributed by atoms with E-state index in [0.717, 1.165) is 12.1 Å². The van der Waals surface area contributed by atoms with Crippen molar-refractivity contribution < 1.29 is 24.9 Å². The van der Waals surface area contributed by atoms with E-state index in [2.05, 4.69) is 0 Å². The minimum atomic E-state index is -3.03. The standard InChI is InChI=1S/C9H8ClNO5/c10-5-3-4(1-2-6(5)11)9(16,7(12)13)8(14)15/h1-3,16H,11H2,(H,12,13)(H,14,15). The molecule has 1 aromatic rings. The van der Waals surface area contributed by atoms with Crippen molar-refractivity contribution in [2.75, 3.05) is 5.73 Å². The molecule has 0 aromatic heterocycles. The lowest BCUT2D eigenvalue weighted by Crippen LogP contribution is -2.43. The Morgan fingerprint density at radius 1 is 1.25 bits per heavy atom. The average molecular weight is 246 g/mol. The number of nitrogens with two attached hydrogens (primary N) is 1. The molecule has 6 nitrogen and oxygen atoms in total. The van der Waals surface area contributed by atoms with Crippen LogP contribution < -0.4 is 5.73 Å². The third-order valence-corrected chi connectivity index (χ3v) is 2.36. The zero-order valence-electron chi connectivity index (χ0n) is 7.85. The molecule has 0 radical (unpaired) electrons. The van der Waals surface area contributed by atoms with E-state index in [1.807, 2.05) is 0 Å². The molecule has 0 heterocycles. The molecule has 7 heteroatoms. The molecule has 0 aliphatic rings. The maximum atomic E-state index is 10.8. The van der Waals surface area contributed by atoms with E-state index < -0.39 is 17.5 Å². The van der Waals surface area contributed by atoms with E-state index in [-0.39, 0.29) is 16.3 Å². The zero-order valence-corrected chi connectivity index (χ0v) is 8.60. The molecule has 0 unspecified atom stereocenters. The predicted molar refractivity (Wildman–Crippen MR) is 55.0 cm³/mol. The molecular formula is C9H8ClNO5. The molecule has 0 fully saturated rings. The second-order valence-corrected chi connectivity index (χ2v) is 3.46. The van der Waals surface area contributed by atoms with Gasteiger partial charge in [0.15, 0.2) is 0 Å². The van der Waals surface area contributed by atoms with E-state index in [1.165, 1.54) is 6.07 Å². The lowest BCUT2D eigenvalue weighted by molar-refractivity contribution is -0.177. The summed E-state index contributed by atoms with van der Waals surface area (Å²) in [6.07, 6.45) is 0. The molecular weight excluding hydrogens is 238 g/mol. The number of carbonyl (C=O) groups is 2. The summed E-state index contributed by atoms with van der Waals surface area (Å²) < 4.78 is 0. The van der Waals surface area contributed by atoms with Gasteiger partial charge in [-0.1, -0.05) is 17.7 Å². The molecule has 0 spiro atoms. The number of carboxylic acid groups (broad SMARTS) is 2. The molecule has 1 rings (SSSR count). The molecule has 0 bridgehead atoms. The molecule has 0 atom stereocenters. The molecule has 1 aromatic carbocycles. The minimum absolute atomic E-state index is 0.0292. The fourth-order valence-corrected chi connectivity index (χ4v) is 1.27. The van der Waals surface area contributed by atoms with Crippen molar-refractivity contribution in [3.05, 3.63) is 28.8 Å². The maximum absolute atomic E-state index is 10.8. The summed E-state index contributed by atoms with van der Waals surface area (Å²) in [4.78, 5) is 21.5. The second kappa shape index (κ2) is 3.99. The van der Waals surface area contributed by atoms with Crippen LogP contribution in [0.3, 0.4) is 0 Å². The van der Waals surface area contributed by atoms with Crippen molar-refractivity contribution in [1.82, 2.24) is 0 Å². The Hall–Kier alpha value is -1.79. The third-order valence-electron chi connectivity index (χ3n) is 2.04. The van der Waals surface area contributed by atoms with Crippen LogP contribution >= 0.6 is 11.6 Å². The summed E-state index contributed by atoms with van der Waals surface area (Å²) in [6, 6.07) is 3.30. The van der Waals surface area contributed by atoms with Crippen LogP contribution in [0.4, 0.5) is 5.69 Å². The number of nitrogen functional groups attached to an aromatic ring is 1. The molecule has 0 aliphatic carbocycles. The van der Waals surface area contributed by atoms with Gasteiger partial charge in [0.05, 0.1) is 10.7 Å². The summed E-state index contributed by atoms with van der Waals surface area (Å²) in [5, 5.41) is 26.9. The Morgan fingerprint density at radius 3 is 2.12 bits per heavy atom. The topological polar surface area (TPSA) is 121 Å². The molecule has 0 saturated heterocycles. The van der Waals surface area contributed by atoms with E-state index in [4.69, 9.17) is 27.5 Å². The SMILES string of the molecule is Nc1ccc(C(O)(C(=O)O)C(=O)O)cc1Cl. The van der Waals surface area contributed by atoms with Gasteiger partial charge in [-0.25, -0.2) is 9.59 Å². The summed E-state index contributed by atoms with van der Waals surface area (Å²) in [5.41, 5.74) is 2.13. The lowest BCUT2D eigenvalue weighted by Gasteiger charge is -2.19. The third kappa shape index (κ3) is 1.80. The van der Waals surface area contributed by atoms with Crippen LogP contribution in [0.1, 0.15) is 5.56 Å². The number of aliphatic hydroxyl groups is 1. The molecule has 16 heavy (non-hydrogen) atoms. The number of anilines is 1. The summed E-state index contributed by atoms with van der Waals surface area (Å²) in [7, 11) is 0. The number of benzene rings is 1. The number of hydrogen-bond donors (Lipinski definition) is 4. The minimum Gasteiger partial charge on any atom is -0.478 e. The largest absolute Gasteiger partial charge is 0.478 e. The average Bonchev–Trinajstić information content (AvgIpc) is 2.20. The van der Waals surface area contributed by atoms with Crippen LogP contribution in [-0.4, -0.2) is 27.3 Å². The highest BCUT2D eigenvalue weighted by Gasteiger charge is 2.46. The molecule has 0 amide bonds. The highest BCUT2D eigenvalue weighted by molar-refractivity contribution is 6.33. The first-order chi connectivity index (χ1) is 7.30. The van der Waals surface area contributed by atoms with Gasteiger partial charge in [0, 0.05) is 5.56 Å². The number of aliphatic carboxylic acids is 2. The number of rotatable bonds is 3. The van der Waals surface area contributed by atoms with Crippen LogP contribution in [0.5, 0.6) is 0 Å². The van der Waals surface area contributed by atoms with Gasteiger partial charge in [-0.15, -0.1) is 0 Å². The Kier molecular flexibility index (Phi) is 3.06. The first-order valence-corrected chi connectivity index (χ1v) is 4.42. The molecule has 5 N–H and O–H groups in total. The van der Waals surface area contributed by atoms with Crippen molar-refractivity contribution >= 4 is 29.2 Å². The first kappa shape index (κ1) is 12.3. The van der Waals surface area contributed by atoms with Crippen molar-refractivity contribution in [3.8, 4) is 0 Å². The highest BCUT2D eigenvalue weighted by Crippen LogP contribution is 2.28. The summed E-state index contributed by atoms with van der Waals surface area (Å²) in [5.74, 6) is -3.80. The quantitative estimate of drug-likeness (QED) is 0.448. The van der Waals surface area contributed by atoms with Crippen LogP contribution in [0.25, 0.3) is 0 Å². The number of hydrogen-bond acceptors (Lipinski definition) is 4. The van der Waals surface area contributed by atoms with Gasteiger partial charge >= 0.3 is 11.9 Å². The van der Waals surface area contributed by atoms with E-state index in [1.54, 1.807) is 0 Å². The monoisotopic (exact) mass is 245 g/mol. The normalized spacial score (nSPS) is 11.1. The molecule has 86 valence electrons. The number of carboxylic acids is 2. The summed E-state index contributed by atoms with van der Waals surface area (Å²) >= 11 is 5.61. The van der Waals surface area contributed by atoms with Gasteiger partial charge in [-0.2, -0.15) is 0 Å². The van der Waals surface area contributed by atoms with Crippen molar-refractivity contribution in [2.45, 2.75) is 5.60 Å². The Labute approximate surface area is 94.9 Å². The van der Waals surface area contributed by atoms with E-state index in [9.17, 15) is 14.7 Å².